The maximum absolute atomic E-state index is 11.9. The van der Waals surface area contributed by atoms with E-state index in [1.165, 1.54) is 4.31 Å². The Kier molecular flexibility index (Phi) is 3.81. The van der Waals surface area contributed by atoms with Crippen LogP contribution in [-0.4, -0.2) is 38.1 Å². The Bertz CT molecular complexity index is 453. The predicted molar refractivity (Wildman–Crippen MR) is 68.1 cm³/mol. The molecule has 0 aromatic heterocycles. The lowest BCUT2D eigenvalue weighted by Gasteiger charge is -2.37. The van der Waals surface area contributed by atoms with Crippen LogP contribution in [0.3, 0.4) is 0 Å². The Balaban J connectivity index is 1.87. The molecule has 0 aliphatic carbocycles. The fourth-order valence-corrected chi connectivity index (χ4v) is 3.55. The number of nitrogens with two attached hydrogens (primary N) is 1. The molecule has 1 aliphatic heterocycles. The molecule has 1 aromatic rings. The summed E-state index contributed by atoms with van der Waals surface area (Å²) in [6.07, 6.45) is 0.576. The average Bonchev–Trinajstić information content (AvgIpc) is 2.26. The van der Waals surface area contributed by atoms with E-state index in [0.717, 1.165) is 5.56 Å². The number of rotatable bonds is 5. The van der Waals surface area contributed by atoms with Crippen LogP contribution >= 0.6 is 0 Å². The number of benzene rings is 1. The van der Waals surface area contributed by atoms with E-state index < -0.39 is 10.0 Å². The first kappa shape index (κ1) is 12.5. The van der Waals surface area contributed by atoms with Gasteiger partial charge in [0.05, 0.1) is 5.75 Å². The molecule has 0 radical (unpaired) electrons. The van der Waals surface area contributed by atoms with Crippen molar-refractivity contribution in [1.82, 2.24) is 4.31 Å². The van der Waals surface area contributed by atoms with Crippen LogP contribution in [0.1, 0.15) is 5.56 Å². The van der Waals surface area contributed by atoms with Crippen LogP contribution in [0.5, 0.6) is 0 Å². The van der Waals surface area contributed by atoms with Gasteiger partial charge in [0.15, 0.2) is 0 Å². The Morgan fingerprint density at radius 2 is 1.88 bits per heavy atom. The first-order valence-corrected chi connectivity index (χ1v) is 7.44. The minimum Gasteiger partial charge on any atom is -0.330 e. The van der Waals surface area contributed by atoms with Gasteiger partial charge in [0.2, 0.25) is 10.0 Å². The van der Waals surface area contributed by atoms with Gasteiger partial charge in [0, 0.05) is 13.1 Å². The van der Waals surface area contributed by atoms with Crippen LogP contribution in [0.15, 0.2) is 30.3 Å². The monoisotopic (exact) mass is 254 g/mol. The van der Waals surface area contributed by atoms with E-state index in [1.54, 1.807) is 0 Å². The van der Waals surface area contributed by atoms with Crippen LogP contribution in [0.4, 0.5) is 0 Å². The molecule has 0 saturated carbocycles. The molecule has 1 saturated heterocycles. The van der Waals surface area contributed by atoms with Crippen molar-refractivity contribution >= 4 is 10.0 Å². The molecule has 0 bridgehead atoms. The van der Waals surface area contributed by atoms with E-state index in [2.05, 4.69) is 0 Å². The van der Waals surface area contributed by atoms with Gasteiger partial charge in [-0.3, -0.25) is 0 Å². The standard InChI is InChI=1S/C12H18N2O2S/c13-8-12-9-14(10-12)17(15,16)7-6-11-4-2-1-3-5-11/h1-5,12H,6-10,13H2. The van der Waals surface area contributed by atoms with Crippen molar-refractivity contribution in [2.45, 2.75) is 6.42 Å². The minimum absolute atomic E-state index is 0.189. The van der Waals surface area contributed by atoms with E-state index in [9.17, 15) is 8.42 Å². The minimum atomic E-state index is -3.09. The van der Waals surface area contributed by atoms with Gasteiger partial charge in [-0.1, -0.05) is 30.3 Å². The maximum atomic E-state index is 11.9. The van der Waals surface area contributed by atoms with Crippen molar-refractivity contribution in [2.24, 2.45) is 11.7 Å². The van der Waals surface area contributed by atoms with Crippen molar-refractivity contribution in [3.05, 3.63) is 35.9 Å². The lowest BCUT2D eigenvalue weighted by atomic mass is 10.0. The Morgan fingerprint density at radius 1 is 1.24 bits per heavy atom. The predicted octanol–water partition coefficient (Wildman–Crippen LogP) is 0.449. The highest BCUT2D eigenvalue weighted by Gasteiger charge is 2.34. The molecule has 94 valence electrons. The summed E-state index contributed by atoms with van der Waals surface area (Å²) in [6.45, 7) is 1.76. The Labute approximate surface area is 102 Å². The second kappa shape index (κ2) is 5.16. The van der Waals surface area contributed by atoms with Crippen LogP contribution < -0.4 is 5.73 Å². The molecule has 2 N–H and O–H groups in total. The molecule has 2 rings (SSSR count). The van der Waals surface area contributed by atoms with Gasteiger partial charge in [-0.05, 0) is 24.4 Å². The smallest absolute Gasteiger partial charge is 0.214 e. The topological polar surface area (TPSA) is 63.4 Å². The molecule has 0 amide bonds. The third-order valence-corrected chi connectivity index (χ3v) is 4.95. The summed E-state index contributed by atoms with van der Waals surface area (Å²) in [6, 6.07) is 9.69. The molecule has 0 atom stereocenters. The second-order valence-electron chi connectivity index (χ2n) is 4.47. The lowest BCUT2D eigenvalue weighted by Crippen LogP contribution is -2.53. The Morgan fingerprint density at radius 3 is 2.47 bits per heavy atom. The summed E-state index contributed by atoms with van der Waals surface area (Å²) < 4.78 is 25.4. The highest BCUT2D eigenvalue weighted by molar-refractivity contribution is 7.89. The number of sulfonamides is 1. The van der Waals surface area contributed by atoms with Gasteiger partial charge in [0.25, 0.3) is 0 Å². The zero-order valence-corrected chi connectivity index (χ0v) is 10.6. The van der Waals surface area contributed by atoms with Gasteiger partial charge in [-0.25, -0.2) is 12.7 Å². The molecule has 4 nitrogen and oxygen atoms in total. The van der Waals surface area contributed by atoms with Crippen molar-refractivity contribution in [1.29, 1.82) is 0 Å². The van der Waals surface area contributed by atoms with Crippen LogP contribution in [0.25, 0.3) is 0 Å². The lowest BCUT2D eigenvalue weighted by molar-refractivity contribution is 0.207. The fourth-order valence-electron chi connectivity index (χ4n) is 1.92. The van der Waals surface area contributed by atoms with E-state index in [-0.39, 0.29) is 5.75 Å². The number of hydrogen-bond donors (Lipinski definition) is 1. The first-order chi connectivity index (χ1) is 8.12. The fraction of sp³-hybridized carbons (Fsp3) is 0.500. The van der Waals surface area contributed by atoms with Gasteiger partial charge in [0.1, 0.15) is 0 Å². The summed E-state index contributed by atoms with van der Waals surface area (Å²) in [4.78, 5) is 0. The van der Waals surface area contributed by atoms with Crippen LogP contribution in [0.2, 0.25) is 0 Å². The van der Waals surface area contributed by atoms with Gasteiger partial charge < -0.3 is 5.73 Å². The van der Waals surface area contributed by atoms with Gasteiger partial charge in [-0.2, -0.15) is 0 Å². The molecule has 0 unspecified atom stereocenters. The van der Waals surface area contributed by atoms with Crippen molar-refractivity contribution in [3.8, 4) is 0 Å². The summed E-state index contributed by atoms with van der Waals surface area (Å²) in [7, 11) is -3.09. The zero-order valence-electron chi connectivity index (χ0n) is 9.75. The molecular formula is C12H18N2O2S. The summed E-state index contributed by atoms with van der Waals surface area (Å²) in [5.41, 5.74) is 6.54. The molecule has 17 heavy (non-hydrogen) atoms. The molecule has 1 heterocycles. The highest BCUT2D eigenvalue weighted by Crippen LogP contribution is 2.19. The highest BCUT2D eigenvalue weighted by atomic mass is 32.2. The molecule has 1 fully saturated rings. The number of hydrogen-bond acceptors (Lipinski definition) is 3. The van der Waals surface area contributed by atoms with E-state index in [0.29, 0.717) is 32.0 Å². The van der Waals surface area contributed by atoms with E-state index >= 15 is 0 Å². The van der Waals surface area contributed by atoms with E-state index in [1.807, 2.05) is 30.3 Å². The third kappa shape index (κ3) is 3.06. The largest absolute Gasteiger partial charge is 0.330 e. The molecule has 5 heteroatoms. The van der Waals surface area contributed by atoms with Crippen LogP contribution in [-0.2, 0) is 16.4 Å². The third-order valence-electron chi connectivity index (χ3n) is 3.14. The summed E-state index contributed by atoms with van der Waals surface area (Å²) in [5, 5.41) is 0. The normalized spacial score (nSPS) is 17.9. The van der Waals surface area contributed by atoms with Gasteiger partial charge in [-0.15, -0.1) is 0 Å². The van der Waals surface area contributed by atoms with Crippen LogP contribution in [0, 0.1) is 5.92 Å². The Hall–Kier alpha value is -0.910. The molecular weight excluding hydrogens is 236 g/mol. The summed E-state index contributed by atoms with van der Waals surface area (Å²) in [5.74, 6) is 0.537. The number of aryl methyl sites for hydroxylation is 1. The SMILES string of the molecule is NCC1CN(S(=O)(=O)CCc2ccccc2)C1. The zero-order chi connectivity index (χ0) is 12.3. The summed E-state index contributed by atoms with van der Waals surface area (Å²) >= 11 is 0. The van der Waals surface area contributed by atoms with Crippen molar-refractivity contribution in [3.63, 3.8) is 0 Å². The van der Waals surface area contributed by atoms with Crippen molar-refractivity contribution < 1.29 is 8.42 Å². The molecule has 1 aromatic carbocycles. The number of nitrogens with zero attached hydrogens (tertiary/aromatic N) is 1. The first-order valence-electron chi connectivity index (χ1n) is 5.83. The maximum Gasteiger partial charge on any atom is 0.214 e. The molecule has 0 spiro atoms. The van der Waals surface area contributed by atoms with Crippen molar-refractivity contribution in [2.75, 3.05) is 25.4 Å². The average molecular weight is 254 g/mol. The molecule has 1 aliphatic rings. The van der Waals surface area contributed by atoms with Gasteiger partial charge >= 0.3 is 0 Å². The second-order valence-corrected chi connectivity index (χ2v) is 6.56. The quantitative estimate of drug-likeness (QED) is 0.830. The van der Waals surface area contributed by atoms with E-state index in [4.69, 9.17) is 5.73 Å².